The second kappa shape index (κ2) is 6.03. The van der Waals surface area contributed by atoms with Gasteiger partial charge >= 0.3 is 5.97 Å². The first-order valence-corrected chi connectivity index (χ1v) is 7.77. The molecule has 4 atom stereocenters. The minimum atomic E-state index is -1.75. The lowest BCUT2D eigenvalue weighted by atomic mass is 9.94. The number of hydrogen-bond acceptors (Lipinski definition) is 6. The molecule has 3 rings (SSSR count). The van der Waals surface area contributed by atoms with E-state index in [1.807, 2.05) is 0 Å². The fourth-order valence-corrected chi connectivity index (χ4v) is 2.86. The smallest absolute Gasteiger partial charge is 0.338 e. The molecule has 7 heteroatoms. The second-order valence-electron chi connectivity index (χ2n) is 6.12. The van der Waals surface area contributed by atoms with Gasteiger partial charge in [-0.15, -0.1) is 6.42 Å². The van der Waals surface area contributed by atoms with Crippen molar-refractivity contribution in [3.8, 4) is 12.3 Å². The number of ether oxygens (including phenoxy) is 4. The maximum absolute atomic E-state index is 12.0. The molecule has 1 aromatic carbocycles. The lowest BCUT2D eigenvalue weighted by Gasteiger charge is -2.29. The first-order valence-electron chi connectivity index (χ1n) is 7.39. The second-order valence-corrected chi connectivity index (χ2v) is 6.56. The molecular weight excluding hydrogens is 336 g/mol. The van der Waals surface area contributed by atoms with Crippen molar-refractivity contribution in [2.45, 2.75) is 43.7 Å². The van der Waals surface area contributed by atoms with Crippen molar-refractivity contribution in [1.29, 1.82) is 0 Å². The van der Waals surface area contributed by atoms with Crippen molar-refractivity contribution >= 4 is 17.6 Å². The summed E-state index contributed by atoms with van der Waals surface area (Å²) in [6.45, 7) is 3.16. The number of aliphatic hydroxyl groups is 1. The Kier molecular flexibility index (Phi) is 4.32. The standard InChI is InChI=1S/C17H17ClO6/c1-4-17(20)12(22-15-13(17)23-16(2,3)24-15)9-21-14(19)10-5-7-11(18)8-6-10/h1,5-8,12-13,15,20H,9H2,2-3H3/t12-,13+,15+,17-/m0/s1. The number of fused-ring (bicyclic) bond motifs is 1. The van der Waals surface area contributed by atoms with Gasteiger partial charge in [0.1, 0.15) is 12.7 Å². The molecule has 0 amide bonds. The number of terminal acetylenes is 1. The Morgan fingerprint density at radius 1 is 1.38 bits per heavy atom. The highest BCUT2D eigenvalue weighted by Crippen LogP contribution is 2.42. The number of halogens is 1. The van der Waals surface area contributed by atoms with Crippen LogP contribution < -0.4 is 0 Å². The molecule has 0 aromatic heterocycles. The van der Waals surface area contributed by atoms with Gasteiger partial charge in [0.15, 0.2) is 23.8 Å². The van der Waals surface area contributed by atoms with Crippen molar-refractivity contribution in [1.82, 2.24) is 0 Å². The van der Waals surface area contributed by atoms with Gasteiger partial charge in [-0.05, 0) is 38.1 Å². The van der Waals surface area contributed by atoms with E-state index in [0.717, 1.165) is 0 Å². The molecule has 0 unspecified atom stereocenters. The topological polar surface area (TPSA) is 74.2 Å². The Morgan fingerprint density at radius 2 is 2.04 bits per heavy atom. The maximum Gasteiger partial charge on any atom is 0.338 e. The van der Waals surface area contributed by atoms with E-state index in [1.54, 1.807) is 26.0 Å². The van der Waals surface area contributed by atoms with E-state index in [9.17, 15) is 9.90 Å². The quantitative estimate of drug-likeness (QED) is 0.659. The minimum absolute atomic E-state index is 0.234. The number of rotatable bonds is 3. The number of carbonyl (C=O) groups is 1. The highest BCUT2D eigenvalue weighted by atomic mass is 35.5. The molecule has 2 saturated heterocycles. The van der Waals surface area contributed by atoms with Crippen LogP contribution in [0.25, 0.3) is 0 Å². The van der Waals surface area contributed by atoms with Crippen LogP contribution in [0.1, 0.15) is 24.2 Å². The van der Waals surface area contributed by atoms with Crippen LogP contribution in [0.15, 0.2) is 24.3 Å². The molecule has 1 aromatic rings. The Balaban J connectivity index is 1.67. The first kappa shape index (κ1) is 17.2. The van der Waals surface area contributed by atoms with Gasteiger partial charge in [-0.3, -0.25) is 0 Å². The van der Waals surface area contributed by atoms with Crippen LogP contribution in [-0.4, -0.2) is 47.6 Å². The molecule has 1 N–H and O–H groups in total. The lowest BCUT2D eigenvalue weighted by Crippen LogP contribution is -2.49. The molecular formula is C17H17ClO6. The summed E-state index contributed by atoms with van der Waals surface area (Å²) in [5, 5.41) is 11.2. The summed E-state index contributed by atoms with van der Waals surface area (Å²) in [6.07, 6.45) is 2.84. The van der Waals surface area contributed by atoms with Crippen molar-refractivity contribution in [3.05, 3.63) is 34.9 Å². The summed E-state index contributed by atoms with van der Waals surface area (Å²) in [5.74, 6) is 0.801. The van der Waals surface area contributed by atoms with Gasteiger partial charge in [-0.1, -0.05) is 17.5 Å². The highest BCUT2D eigenvalue weighted by molar-refractivity contribution is 6.30. The van der Waals surface area contributed by atoms with Gasteiger partial charge in [0, 0.05) is 5.02 Å². The molecule has 24 heavy (non-hydrogen) atoms. The number of carbonyl (C=O) groups excluding carboxylic acids is 1. The zero-order chi connectivity index (χ0) is 17.5. The zero-order valence-electron chi connectivity index (χ0n) is 13.2. The fourth-order valence-electron chi connectivity index (χ4n) is 2.74. The van der Waals surface area contributed by atoms with Crippen LogP contribution in [0.2, 0.25) is 5.02 Å². The summed E-state index contributed by atoms with van der Waals surface area (Å²) in [7, 11) is 0. The number of benzene rings is 1. The molecule has 2 aliphatic rings. The Hall–Kier alpha value is -1.62. The van der Waals surface area contributed by atoms with E-state index in [2.05, 4.69) is 5.92 Å². The zero-order valence-corrected chi connectivity index (χ0v) is 13.9. The van der Waals surface area contributed by atoms with Gasteiger partial charge in [-0.2, -0.15) is 0 Å². The van der Waals surface area contributed by atoms with Crippen molar-refractivity contribution in [2.75, 3.05) is 6.61 Å². The third-order valence-electron chi connectivity index (χ3n) is 3.96. The van der Waals surface area contributed by atoms with E-state index in [0.29, 0.717) is 10.6 Å². The van der Waals surface area contributed by atoms with E-state index < -0.39 is 35.9 Å². The van der Waals surface area contributed by atoms with Gasteiger partial charge in [0.05, 0.1) is 5.56 Å². The van der Waals surface area contributed by atoms with Crippen LogP contribution in [-0.2, 0) is 18.9 Å². The van der Waals surface area contributed by atoms with Gasteiger partial charge in [-0.25, -0.2) is 4.79 Å². The lowest BCUT2D eigenvalue weighted by molar-refractivity contribution is -0.225. The van der Waals surface area contributed by atoms with Crippen molar-refractivity contribution < 1.29 is 28.8 Å². The van der Waals surface area contributed by atoms with E-state index in [4.69, 9.17) is 37.0 Å². The predicted octanol–water partition coefficient (Wildman–Crippen LogP) is 1.74. The van der Waals surface area contributed by atoms with Gasteiger partial charge < -0.3 is 24.1 Å². The van der Waals surface area contributed by atoms with Crippen molar-refractivity contribution in [3.63, 3.8) is 0 Å². The SMILES string of the molecule is C#C[C@]1(O)[C@H](COC(=O)c2ccc(Cl)cc2)O[C@@H]2OC(C)(C)O[C@H]21. The highest BCUT2D eigenvalue weighted by Gasteiger charge is 2.63. The molecule has 6 nitrogen and oxygen atoms in total. The Bertz CT molecular complexity index is 679. The third kappa shape index (κ3) is 3.02. The van der Waals surface area contributed by atoms with Crippen LogP contribution in [0.4, 0.5) is 0 Å². The molecule has 0 saturated carbocycles. The van der Waals surface area contributed by atoms with E-state index >= 15 is 0 Å². The summed E-state index contributed by atoms with van der Waals surface area (Å²) in [4.78, 5) is 12.0. The first-order chi connectivity index (χ1) is 11.2. The molecule has 2 heterocycles. The fraction of sp³-hybridized carbons (Fsp3) is 0.471. The summed E-state index contributed by atoms with van der Waals surface area (Å²) in [6, 6.07) is 6.24. The molecule has 2 aliphatic heterocycles. The third-order valence-corrected chi connectivity index (χ3v) is 4.21. The molecule has 128 valence electrons. The molecule has 2 fully saturated rings. The van der Waals surface area contributed by atoms with Crippen LogP contribution in [0.3, 0.4) is 0 Å². The summed E-state index contributed by atoms with van der Waals surface area (Å²) < 4.78 is 22.0. The number of esters is 1. The number of hydrogen-bond donors (Lipinski definition) is 1. The molecule has 0 radical (unpaired) electrons. The van der Waals surface area contributed by atoms with Crippen molar-refractivity contribution in [2.24, 2.45) is 0 Å². The minimum Gasteiger partial charge on any atom is -0.459 e. The molecule has 0 spiro atoms. The molecule has 0 aliphatic carbocycles. The van der Waals surface area contributed by atoms with Crippen LogP contribution in [0, 0.1) is 12.3 Å². The predicted molar refractivity (Wildman–Crippen MR) is 84.2 cm³/mol. The van der Waals surface area contributed by atoms with Gasteiger partial charge in [0.2, 0.25) is 0 Å². The average molecular weight is 353 g/mol. The molecule has 0 bridgehead atoms. The van der Waals surface area contributed by atoms with Gasteiger partial charge in [0.25, 0.3) is 0 Å². The van der Waals surface area contributed by atoms with E-state index in [1.165, 1.54) is 12.1 Å². The summed E-state index contributed by atoms with van der Waals surface area (Å²) >= 11 is 5.78. The Labute approximate surface area is 144 Å². The van der Waals surface area contributed by atoms with Crippen LogP contribution >= 0.6 is 11.6 Å². The average Bonchev–Trinajstić information content (AvgIpc) is 2.97. The monoisotopic (exact) mass is 352 g/mol. The summed E-state index contributed by atoms with van der Waals surface area (Å²) in [5.41, 5.74) is -1.42. The Morgan fingerprint density at radius 3 is 2.67 bits per heavy atom. The normalized spacial score (nSPS) is 33.7. The maximum atomic E-state index is 12.0. The van der Waals surface area contributed by atoms with E-state index in [-0.39, 0.29) is 6.61 Å². The van der Waals surface area contributed by atoms with Crippen LogP contribution in [0.5, 0.6) is 0 Å². The largest absolute Gasteiger partial charge is 0.459 e.